The first-order valence-electron chi connectivity index (χ1n) is 5.79. The highest BCUT2D eigenvalue weighted by Gasteiger charge is 2.05. The second-order valence-corrected chi connectivity index (χ2v) is 3.76. The van der Waals surface area contributed by atoms with E-state index in [1.54, 1.807) is 14.2 Å². The molecule has 0 heterocycles. The Morgan fingerprint density at radius 3 is 2.61 bits per heavy atom. The molecular weight excluding hydrogens is 234 g/mol. The van der Waals surface area contributed by atoms with Gasteiger partial charge in [-0.3, -0.25) is 4.79 Å². The van der Waals surface area contributed by atoms with E-state index in [-0.39, 0.29) is 18.9 Å². The first-order chi connectivity index (χ1) is 8.71. The molecule has 0 spiro atoms. The Balaban J connectivity index is 2.50. The molecule has 0 unspecified atom stereocenters. The lowest BCUT2D eigenvalue weighted by molar-refractivity contribution is -0.121. The quantitative estimate of drug-likeness (QED) is 0.752. The van der Waals surface area contributed by atoms with E-state index in [9.17, 15) is 4.79 Å². The summed E-state index contributed by atoms with van der Waals surface area (Å²) < 4.78 is 10.3. The van der Waals surface area contributed by atoms with Crippen LogP contribution in [0.25, 0.3) is 0 Å². The highest BCUT2D eigenvalue weighted by molar-refractivity contribution is 5.75. The molecule has 1 rings (SSSR count). The van der Waals surface area contributed by atoms with Crippen molar-refractivity contribution in [3.63, 3.8) is 0 Å². The normalized spacial score (nSPS) is 9.94. The maximum absolute atomic E-state index is 11.1. The monoisotopic (exact) mass is 253 g/mol. The van der Waals surface area contributed by atoms with E-state index in [2.05, 4.69) is 5.32 Å². The number of aliphatic hydroxyl groups excluding tert-OH is 1. The van der Waals surface area contributed by atoms with Crippen molar-refractivity contribution in [3.05, 3.63) is 23.8 Å². The van der Waals surface area contributed by atoms with Gasteiger partial charge in [0.05, 0.1) is 20.8 Å². The third-order valence-electron chi connectivity index (χ3n) is 2.52. The lowest BCUT2D eigenvalue weighted by Crippen LogP contribution is -2.26. The first-order valence-corrected chi connectivity index (χ1v) is 5.79. The van der Waals surface area contributed by atoms with E-state index in [0.717, 1.165) is 5.56 Å². The molecule has 0 atom stereocenters. The fourth-order valence-electron chi connectivity index (χ4n) is 1.57. The zero-order chi connectivity index (χ0) is 13.4. The summed E-state index contributed by atoms with van der Waals surface area (Å²) in [5.74, 6) is 1.22. The van der Waals surface area contributed by atoms with Crippen LogP contribution in [0.1, 0.15) is 12.0 Å². The van der Waals surface area contributed by atoms with Crippen LogP contribution in [0.15, 0.2) is 18.2 Å². The summed E-state index contributed by atoms with van der Waals surface area (Å²) in [4.78, 5) is 11.1. The molecule has 0 bridgehead atoms. The molecule has 0 saturated carbocycles. The van der Waals surface area contributed by atoms with E-state index >= 15 is 0 Å². The number of hydrogen-bond donors (Lipinski definition) is 2. The minimum Gasteiger partial charge on any atom is -0.493 e. The molecule has 100 valence electrons. The van der Waals surface area contributed by atoms with Crippen LogP contribution in [0.5, 0.6) is 11.5 Å². The lowest BCUT2D eigenvalue weighted by Gasteiger charge is -2.10. The van der Waals surface area contributed by atoms with Gasteiger partial charge in [0.2, 0.25) is 5.91 Å². The molecule has 1 amide bonds. The average molecular weight is 253 g/mol. The van der Waals surface area contributed by atoms with Crippen LogP contribution in [0.4, 0.5) is 0 Å². The van der Waals surface area contributed by atoms with Crippen LogP contribution in [0.2, 0.25) is 0 Å². The topological polar surface area (TPSA) is 67.8 Å². The Hall–Kier alpha value is -1.75. The number of methoxy groups -OCH3 is 2. The summed E-state index contributed by atoms with van der Waals surface area (Å²) in [6, 6.07) is 5.65. The largest absolute Gasteiger partial charge is 0.493 e. The Bertz CT molecular complexity index is 393. The summed E-state index contributed by atoms with van der Waals surface area (Å²) in [7, 11) is 3.18. The minimum absolute atomic E-state index is 0.123. The van der Waals surface area contributed by atoms with Gasteiger partial charge in [0.15, 0.2) is 11.5 Å². The van der Waals surface area contributed by atoms with Crippen molar-refractivity contribution in [2.24, 2.45) is 0 Å². The van der Waals surface area contributed by atoms with Gasteiger partial charge in [-0.05, 0) is 24.1 Å². The van der Waals surface area contributed by atoms with Crippen LogP contribution < -0.4 is 14.8 Å². The van der Waals surface area contributed by atoms with E-state index in [1.807, 2.05) is 18.2 Å². The summed E-state index contributed by atoms with van der Waals surface area (Å²) in [5, 5.41) is 11.3. The Morgan fingerprint density at radius 1 is 1.28 bits per heavy atom. The van der Waals surface area contributed by atoms with Gasteiger partial charge in [0, 0.05) is 13.0 Å². The van der Waals surface area contributed by atoms with Crippen molar-refractivity contribution in [1.82, 2.24) is 5.32 Å². The summed E-state index contributed by atoms with van der Waals surface area (Å²) in [6.07, 6.45) is 0.851. The summed E-state index contributed by atoms with van der Waals surface area (Å²) in [6.45, 7) is 0.413. The maximum Gasteiger partial charge on any atom is 0.222 e. The number of nitrogens with one attached hydrogen (secondary N) is 1. The van der Waals surface area contributed by atoms with Crippen molar-refractivity contribution in [3.8, 4) is 11.5 Å². The smallest absolute Gasteiger partial charge is 0.222 e. The van der Waals surface area contributed by atoms with Crippen LogP contribution in [-0.4, -0.2) is 38.4 Å². The lowest BCUT2D eigenvalue weighted by atomic mass is 10.1. The molecule has 0 fully saturated rings. The summed E-state index contributed by atoms with van der Waals surface area (Å²) >= 11 is 0. The molecule has 0 saturated heterocycles. The maximum atomic E-state index is 11.1. The highest BCUT2D eigenvalue weighted by atomic mass is 16.5. The number of rotatable bonds is 7. The van der Waals surface area contributed by atoms with Crippen LogP contribution in [-0.2, 0) is 11.2 Å². The molecule has 2 N–H and O–H groups in total. The number of aliphatic hydroxyl groups is 1. The minimum atomic E-state index is -0.141. The molecule has 18 heavy (non-hydrogen) atoms. The van der Waals surface area contributed by atoms with Crippen molar-refractivity contribution in [2.45, 2.75) is 12.8 Å². The van der Waals surface area contributed by atoms with Gasteiger partial charge in [-0.25, -0.2) is 0 Å². The third kappa shape index (κ3) is 4.25. The summed E-state index contributed by atoms with van der Waals surface area (Å²) in [5.41, 5.74) is 1.05. The predicted octanol–water partition coefficient (Wildman–Crippen LogP) is 0.745. The average Bonchev–Trinajstić information content (AvgIpc) is 2.38. The number of hydrogen-bond acceptors (Lipinski definition) is 4. The van der Waals surface area contributed by atoms with Crippen LogP contribution in [0, 0.1) is 0 Å². The van der Waals surface area contributed by atoms with Crippen molar-refractivity contribution >= 4 is 5.91 Å². The second kappa shape index (κ2) is 7.55. The first kappa shape index (κ1) is 14.3. The zero-order valence-electron chi connectivity index (χ0n) is 10.7. The number of benzene rings is 1. The number of ether oxygens (including phenoxy) is 2. The predicted molar refractivity (Wildman–Crippen MR) is 68.0 cm³/mol. The molecular formula is C13H19NO4. The number of carbonyl (C=O) groups is 1. The van der Waals surface area contributed by atoms with E-state index in [1.165, 1.54) is 0 Å². The van der Waals surface area contributed by atoms with Gasteiger partial charge in [-0.2, -0.15) is 0 Å². The number of carbonyl (C=O) groups excluding carboxylic acids is 1. The van der Waals surface area contributed by atoms with Gasteiger partial charge < -0.3 is 19.9 Å². The molecule has 0 aliphatic carbocycles. The van der Waals surface area contributed by atoms with E-state index < -0.39 is 0 Å². The molecule has 0 radical (unpaired) electrons. The zero-order valence-corrected chi connectivity index (χ0v) is 10.7. The van der Waals surface area contributed by atoms with Gasteiger partial charge in [0.1, 0.15) is 0 Å². The number of amides is 1. The van der Waals surface area contributed by atoms with E-state index in [0.29, 0.717) is 24.5 Å². The van der Waals surface area contributed by atoms with Crippen molar-refractivity contribution in [2.75, 3.05) is 27.4 Å². The Labute approximate surface area is 107 Å². The van der Waals surface area contributed by atoms with Crippen molar-refractivity contribution < 1.29 is 19.4 Å². The van der Waals surface area contributed by atoms with Crippen molar-refractivity contribution in [1.29, 1.82) is 0 Å². The van der Waals surface area contributed by atoms with E-state index in [4.69, 9.17) is 14.6 Å². The van der Waals surface area contributed by atoms with Gasteiger partial charge >= 0.3 is 0 Å². The molecule has 5 heteroatoms. The molecule has 1 aromatic rings. The fourth-order valence-corrected chi connectivity index (χ4v) is 1.57. The second-order valence-electron chi connectivity index (χ2n) is 3.76. The Morgan fingerprint density at radius 2 is 2.00 bits per heavy atom. The molecule has 0 aliphatic rings. The molecule has 1 aromatic carbocycles. The van der Waals surface area contributed by atoms with Gasteiger partial charge in [0.25, 0.3) is 0 Å². The van der Waals surface area contributed by atoms with Gasteiger partial charge in [-0.1, -0.05) is 6.07 Å². The third-order valence-corrected chi connectivity index (χ3v) is 2.52. The van der Waals surface area contributed by atoms with Crippen LogP contribution in [0.3, 0.4) is 0 Å². The highest BCUT2D eigenvalue weighted by Crippen LogP contribution is 2.27. The van der Waals surface area contributed by atoms with Crippen LogP contribution >= 0.6 is 0 Å². The Kier molecular flexibility index (Phi) is 6.00. The molecule has 0 aromatic heterocycles. The fraction of sp³-hybridized carbons (Fsp3) is 0.462. The molecule has 0 aliphatic heterocycles. The SMILES string of the molecule is COc1ccc(CCNC(=O)CCO)cc1OC. The molecule has 5 nitrogen and oxygen atoms in total. The standard InChI is InChI=1S/C13H19NO4/c1-17-11-4-3-10(9-12(11)18-2)5-7-14-13(16)6-8-15/h3-4,9,15H,5-8H2,1-2H3,(H,14,16). The van der Waals surface area contributed by atoms with Gasteiger partial charge in [-0.15, -0.1) is 0 Å².